The largest absolute Gasteiger partial charge is 0.293 e. The first-order valence-electron chi connectivity index (χ1n) is 3.00. The summed E-state index contributed by atoms with van der Waals surface area (Å²) in [5, 5.41) is 0. The van der Waals surface area contributed by atoms with Gasteiger partial charge in [0, 0.05) is 0 Å². The Balaban J connectivity index is 2.81. The maximum absolute atomic E-state index is 10.9. The zero-order valence-corrected chi connectivity index (χ0v) is 6.91. The highest BCUT2D eigenvalue weighted by Crippen LogP contribution is 2.05. The van der Waals surface area contributed by atoms with Crippen LogP contribution in [-0.2, 0) is 4.79 Å². The minimum absolute atomic E-state index is 0.0839. The van der Waals surface area contributed by atoms with E-state index in [9.17, 15) is 4.79 Å². The zero-order chi connectivity index (χ0) is 7.40. The summed E-state index contributed by atoms with van der Waals surface area (Å²) in [6.07, 6.45) is 10.7. The Morgan fingerprint density at radius 3 is 2.70 bits per heavy atom. The van der Waals surface area contributed by atoms with Crippen molar-refractivity contribution in [2.75, 3.05) is 0 Å². The summed E-state index contributed by atoms with van der Waals surface area (Å²) in [6.45, 7) is 0. The topological polar surface area (TPSA) is 17.1 Å². The monoisotopic (exact) mass is 198 g/mol. The molecule has 0 N–H and O–H groups in total. The minimum Gasteiger partial charge on any atom is -0.293 e. The molecule has 1 aliphatic rings. The fraction of sp³-hybridized carbons (Fsp3) is 0.125. The van der Waals surface area contributed by atoms with Gasteiger partial charge in [-0.25, -0.2) is 0 Å². The van der Waals surface area contributed by atoms with Gasteiger partial charge in [0.1, 0.15) is 0 Å². The number of halogens is 1. The number of hydrogen-bond acceptors (Lipinski definition) is 1. The van der Waals surface area contributed by atoms with Crippen LogP contribution in [0.25, 0.3) is 0 Å². The molecule has 0 saturated heterocycles. The van der Waals surface area contributed by atoms with Crippen LogP contribution in [-0.4, -0.2) is 10.6 Å². The lowest BCUT2D eigenvalue weighted by Crippen LogP contribution is -2.07. The van der Waals surface area contributed by atoms with Crippen molar-refractivity contribution in [2.45, 2.75) is 4.83 Å². The molecule has 1 unspecified atom stereocenters. The molecule has 10 heavy (non-hydrogen) atoms. The highest BCUT2D eigenvalue weighted by atomic mass is 79.9. The van der Waals surface area contributed by atoms with Gasteiger partial charge < -0.3 is 0 Å². The van der Waals surface area contributed by atoms with Gasteiger partial charge in [-0.1, -0.05) is 46.3 Å². The van der Waals surface area contributed by atoms with Gasteiger partial charge in [0.25, 0.3) is 0 Å². The Kier molecular flexibility index (Phi) is 2.63. The van der Waals surface area contributed by atoms with E-state index in [2.05, 4.69) is 15.9 Å². The quantitative estimate of drug-likeness (QED) is 0.545. The maximum atomic E-state index is 10.9. The fourth-order valence-electron chi connectivity index (χ4n) is 0.627. The van der Waals surface area contributed by atoms with Crippen molar-refractivity contribution in [2.24, 2.45) is 0 Å². The van der Waals surface area contributed by atoms with E-state index in [-0.39, 0.29) is 10.6 Å². The predicted molar refractivity (Wildman–Crippen MR) is 45.1 cm³/mol. The number of allylic oxidation sites excluding steroid dienone is 6. The molecule has 0 aromatic rings. The molecule has 0 spiro atoms. The Labute approximate surface area is 68.2 Å². The van der Waals surface area contributed by atoms with Crippen molar-refractivity contribution in [3.05, 3.63) is 36.5 Å². The SMILES string of the molecule is O=C1C=CC=CC=CC1Br. The van der Waals surface area contributed by atoms with Gasteiger partial charge in [-0.05, 0) is 6.08 Å². The van der Waals surface area contributed by atoms with Crippen LogP contribution in [0.5, 0.6) is 0 Å². The summed E-state index contributed by atoms with van der Waals surface area (Å²) in [4.78, 5) is 10.8. The van der Waals surface area contributed by atoms with E-state index < -0.39 is 0 Å². The lowest BCUT2D eigenvalue weighted by Gasteiger charge is -1.97. The van der Waals surface area contributed by atoms with Gasteiger partial charge in [-0.3, -0.25) is 4.79 Å². The Hall–Kier alpha value is -0.630. The lowest BCUT2D eigenvalue weighted by atomic mass is 10.2. The minimum atomic E-state index is -0.159. The Bertz CT molecular complexity index is 213. The maximum Gasteiger partial charge on any atom is 0.173 e. The second-order valence-corrected chi connectivity index (χ2v) is 2.92. The van der Waals surface area contributed by atoms with E-state index in [1.54, 1.807) is 12.2 Å². The van der Waals surface area contributed by atoms with Gasteiger partial charge in [0.2, 0.25) is 0 Å². The second-order valence-electron chi connectivity index (χ2n) is 1.93. The molecule has 1 nitrogen and oxygen atoms in total. The normalized spacial score (nSPS) is 24.5. The Morgan fingerprint density at radius 2 is 1.90 bits per heavy atom. The molecule has 1 rings (SSSR count). The summed E-state index contributed by atoms with van der Waals surface area (Å²) in [7, 11) is 0. The summed E-state index contributed by atoms with van der Waals surface area (Å²) in [5.41, 5.74) is 0. The molecule has 0 radical (unpaired) electrons. The first-order chi connectivity index (χ1) is 4.80. The van der Waals surface area contributed by atoms with Gasteiger partial charge >= 0.3 is 0 Å². The van der Waals surface area contributed by atoms with E-state index in [4.69, 9.17) is 0 Å². The van der Waals surface area contributed by atoms with Crippen LogP contribution in [0.15, 0.2) is 36.5 Å². The number of alkyl halides is 1. The highest BCUT2D eigenvalue weighted by Gasteiger charge is 2.06. The van der Waals surface area contributed by atoms with Gasteiger partial charge in [-0.2, -0.15) is 0 Å². The third kappa shape index (κ3) is 1.95. The molecule has 52 valence electrons. The van der Waals surface area contributed by atoms with Crippen molar-refractivity contribution < 1.29 is 4.79 Å². The molecule has 0 amide bonds. The number of rotatable bonds is 0. The number of ketones is 1. The predicted octanol–water partition coefficient (Wildman–Crippen LogP) is 2.00. The average molecular weight is 199 g/mol. The molecule has 1 aliphatic carbocycles. The van der Waals surface area contributed by atoms with E-state index in [1.165, 1.54) is 0 Å². The van der Waals surface area contributed by atoms with Crippen molar-refractivity contribution in [1.82, 2.24) is 0 Å². The molecule has 0 aromatic heterocycles. The van der Waals surface area contributed by atoms with Crippen LogP contribution in [0.4, 0.5) is 0 Å². The first-order valence-corrected chi connectivity index (χ1v) is 3.92. The van der Waals surface area contributed by atoms with Crippen LogP contribution >= 0.6 is 15.9 Å². The van der Waals surface area contributed by atoms with Crippen LogP contribution in [0.1, 0.15) is 0 Å². The molecular formula is C8H7BrO. The summed E-state index contributed by atoms with van der Waals surface area (Å²) in [5.74, 6) is 0.0839. The summed E-state index contributed by atoms with van der Waals surface area (Å²) < 4.78 is 0. The summed E-state index contributed by atoms with van der Waals surface area (Å²) in [6, 6.07) is 0. The van der Waals surface area contributed by atoms with Crippen LogP contribution in [0.3, 0.4) is 0 Å². The smallest absolute Gasteiger partial charge is 0.173 e. The highest BCUT2D eigenvalue weighted by molar-refractivity contribution is 9.10. The molecule has 2 heteroatoms. The molecular weight excluding hydrogens is 192 g/mol. The van der Waals surface area contributed by atoms with Crippen LogP contribution in [0.2, 0.25) is 0 Å². The molecule has 0 heterocycles. The molecule has 0 saturated carbocycles. The van der Waals surface area contributed by atoms with Gasteiger partial charge in [0.15, 0.2) is 5.78 Å². The average Bonchev–Trinajstić information content (AvgIpc) is 1.92. The third-order valence-electron chi connectivity index (χ3n) is 1.15. The van der Waals surface area contributed by atoms with E-state index in [1.807, 2.05) is 24.3 Å². The third-order valence-corrected chi connectivity index (χ3v) is 1.90. The second kappa shape index (κ2) is 3.52. The summed E-state index contributed by atoms with van der Waals surface area (Å²) >= 11 is 3.22. The number of hydrogen-bond donors (Lipinski definition) is 0. The fourth-order valence-corrected chi connectivity index (χ4v) is 0.956. The number of carbonyl (C=O) groups is 1. The number of carbonyl (C=O) groups excluding carboxylic acids is 1. The molecule has 0 aromatic carbocycles. The van der Waals surface area contributed by atoms with Crippen molar-refractivity contribution in [1.29, 1.82) is 0 Å². The van der Waals surface area contributed by atoms with E-state index in [0.29, 0.717) is 0 Å². The molecule has 0 aliphatic heterocycles. The molecule has 1 atom stereocenters. The molecule has 0 bridgehead atoms. The van der Waals surface area contributed by atoms with Gasteiger partial charge in [0.05, 0.1) is 4.83 Å². The first kappa shape index (κ1) is 7.48. The van der Waals surface area contributed by atoms with E-state index in [0.717, 1.165) is 0 Å². The van der Waals surface area contributed by atoms with Crippen molar-refractivity contribution in [3.63, 3.8) is 0 Å². The van der Waals surface area contributed by atoms with Crippen LogP contribution < -0.4 is 0 Å². The lowest BCUT2D eigenvalue weighted by molar-refractivity contribution is -0.113. The van der Waals surface area contributed by atoms with Gasteiger partial charge in [-0.15, -0.1) is 0 Å². The van der Waals surface area contributed by atoms with Crippen LogP contribution in [0, 0.1) is 0 Å². The zero-order valence-electron chi connectivity index (χ0n) is 5.33. The Morgan fingerprint density at radius 1 is 1.20 bits per heavy atom. The molecule has 0 fully saturated rings. The van der Waals surface area contributed by atoms with Crippen molar-refractivity contribution >= 4 is 21.7 Å². The van der Waals surface area contributed by atoms with Crippen molar-refractivity contribution in [3.8, 4) is 0 Å². The standard InChI is InChI=1S/C8H7BrO/c9-7-5-3-1-2-4-6-8(7)10/h1-7H. The van der Waals surface area contributed by atoms with E-state index >= 15 is 0 Å².